The van der Waals surface area contributed by atoms with Crippen LogP contribution in [0.4, 0.5) is 5.69 Å². The highest BCUT2D eigenvalue weighted by atomic mass is 35.5. The van der Waals surface area contributed by atoms with E-state index in [1.165, 1.54) is 0 Å². The fourth-order valence-corrected chi connectivity index (χ4v) is 3.04. The SMILES string of the molecule is CCN1C(=O)C(NC(=O)C(=O)NCc2ccc(Cl)cc2)c2ccccc21. The monoisotopic (exact) mass is 371 g/mol. The second kappa shape index (κ2) is 7.58. The normalized spacial score (nSPS) is 15.5. The second-order valence-electron chi connectivity index (χ2n) is 5.86. The van der Waals surface area contributed by atoms with Gasteiger partial charge in [-0.15, -0.1) is 0 Å². The van der Waals surface area contributed by atoms with Gasteiger partial charge in [0.05, 0.1) is 0 Å². The van der Waals surface area contributed by atoms with Crippen LogP contribution in [0.15, 0.2) is 48.5 Å². The smallest absolute Gasteiger partial charge is 0.310 e. The molecule has 0 aliphatic carbocycles. The molecule has 26 heavy (non-hydrogen) atoms. The van der Waals surface area contributed by atoms with Crippen LogP contribution in [-0.4, -0.2) is 24.3 Å². The Morgan fingerprint density at radius 1 is 1.08 bits per heavy atom. The lowest BCUT2D eigenvalue weighted by atomic mass is 10.1. The van der Waals surface area contributed by atoms with Gasteiger partial charge in [0.1, 0.15) is 6.04 Å². The Morgan fingerprint density at radius 2 is 1.77 bits per heavy atom. The van der Waals surface area contributed by atoms with Crippen LogP contribution in [0.25, 0.3) is 0 Å². The molecule has 0 saturated heterocycles. The van der Waals surface area contributed by atoms with E-state index in [-0.39, 0.29) is 12.5 Å². The minimum absolute atomic E-state index is 0.194. The number of carbonyl (C=O) groups is 3. The molecule has 0 spiro atoms. The molecule has 6 nitrogen and oxygen atoms in total. The van der Waals surface area contributed by atoms with Crippen LogP contribution in [0.5, 0.6) is 0 Å². The topological polar surface area (TPSA) is 78.5 Å². The molecule has 7 heteroatoms. The van der Waals surface area contributed by atoms with Crippen molar-refractivity contribution in [2.24, 2.45) is 0 Å². The van der Waals surface area contributed by atoms with Crippen LogP contribution < -0.4 is 15.5 Å². The number of carbonyl (C=O) groups excluding carboxylic acids is 3. The molecule has 0 saturated carbocycles. The second-order valence-corrected chi connectivity index (χ2v) is 6.29. The van der Waals surface area contributed by atoms with Crippen molar-refractivity contribution >= 4 is 35.0 Å². The maximum atomic E-state index is 12.5. The van der Waals surface area contributed by atoms with E-state index in [4.69, 9.17) is 11.6 Å². The lowest BCUT2D eigenvalue weighted by Crippen LogP contribution is -2.44. The number of amides is 3. The molecule has 2 aromatic rings. The lowest BCUT2D eigenvalue weighted by Gasteiger charge is -2.15. The van der Waals surface area contributed by atoms with E-state index in [0.29, 0.717) is 17.1 Å². The number of nitrogens with one attached hydrogen (secondary N) is 2. The third kappa shape index (κ3) is 3.55. The highest BCUT2D eigenvalue weighted by Gasteiger charge is 2.37. The molecule has 0 fully saturated rings. The van der Waals surface area contributed by atoms with Crippen molar-refractivity contribution < 1.29 is 14.4 Å². The van der Waals surface area contributed by atoms with Crippen molar-refractivity contribution in [3.05, 3.63) is 64.7 Å². The maximum absolute atomic E-state index is 12.5. The van der Waals surface area contributed by atoms with Gasteiger partial charge in [0, 0.05) is 29.4 Å². The van der Waals surface area contributed by atoms with E-state index >= 15 is 0 Å². The van der Waals surface area contributed by atoms with Gasteiger partial charge in [-0.1, -0.05) is 41.9 Å². The van der Waals surface area contributed by atoms with Gasteiger partial charge in [-0.25, -0.2) is 0 Å². The Bertz CT molecular complexity index is 851. The van der Waals surface area contributed by atoms with Gasteiger partial charge in [-0.3, -0.25) is 14.4 Å². The first kappa shape index (κ1) is 17.9. The first-order chi connectivity index (χ1) is 12.5. The summed E-state index contributed by atoms with van der Waals surface area (Å²) < 4.78 is 0. The van der Waals surface area contributed by atoms with Gasteiger partial charge in [0.15, 0.2) is 0 Å². The minimum Gasteiger partial charge on any atom is -0.344 e. The van der Waals surface area contributed by atoms with Gasteiger partial charge < -0.3 is 15.5 Å². The van der Waals surface area contributed by atoms with Crippen LogP contribution >= 0.6 is 11.6 Å². The number of nitrogens with zero attached hydrogens (tertiary/aromatic N) is 1. The first-order valence-corrected chi connectivity index (χ1v) is 8.62. The summed E-state index contributed by atoms with van der Waals surface area (Å²) in [4.78, 5) is 38.4. The lowest BCUT2D eigenvalue weighted by molar-refractivity contribution is -0.140. The summed E-state index contributed by atoms with van der Waals surface area (Å²) in [6.07, 6.45) is 0. The fourth-order valence-electron chi connectivity index (χ4n) is 2.91. The number of para-hydroxylation sites is 1. The maximum Gasteiger partial charge on any atom is 0.310 e. The van der Waals surface area contributed by atoms with Crippen LogP contribution in [0.1, 0.15) is 24.1 Å². The predicted octanol–water partition coefficient (Wildman–Crippen LogP) is 2.18. The molecule has 0 radical (unpaired) electrons. The van der Waals surface area contributed by atoms with Crippen molar-refractivity contribution in [3.8, 4) is 0 Å². The number of likely N-dealkylation sites (N-methyl/N-ethyl adjacent to an activating group) is 1. The zero-order valence-corrected chi connectivity index (χ0v) is 14.9. The number of hydrogen-bond acceptors (Lipinski definition) is 3. The summed E-state index contributed by atoms with van der Waals surface area (Å²) in [6.45, 7) is 2.54. The van der Waals surface area contributed by atoms with Gasteiger partial charge >= 0.3 is 11.8 Å². The number of anilines is 1. The van der Waals surface area contributed by atoms with Crippen LogP contribution in [-0.2, 0) is 20.9 Å². The number of fused-ring (bicyclic) bond motifs is 1. The summed E-state index contributed by atoms with van der Waals surface area (Å²) in [5, 5.41) is 5.66. The van der Waals surface area contributed by atoms with Crippen molar-refractivity contribution in [3.63, 3.8) is 0 Å². The number of rotatable bonds is 4. The predicted molar refractivity (Wildman–Crippen MR) is 98.7 cm³/mol. The molecule has 134 valence electrons. The fraction of sp³-hybridized carbons (Fsp3) is 0.211. The molecule has 0 bridgehead atoms. The summed E-state index contributed by atoms with van der Waals surface area (Å²) in [5.41, 5.74) is 2.26. The Balaban J connectivity index is 1.65. The number of halogens is 1. The largest absolute Gasteiger partial charge is 0.344 e. The highest BCUT2D eigenvalue weighted by Crippen LogP contribution is 2.35. The Kier molecular flexibility index (Phi) is 5.23. The molecule has 3 amide bonds. The molecular formula is C19H18ClN3O3. The molecular weight excluding hydrogens is 354 g/mol. The summed E-state index contributed by atoms with van der Waals surface area (Å²) in [6, 6.07) is 13.3. The number of hydrogen-bond donors (Lipinski definition) is 2. The Labute approximate surface area is 156 Å². The Hall–Kier alpha value is -2.86. The standard InChI is InChI=1S/C19H18ClN3O3/c1-2-23-15-6-4-3-5-14(15)16(19(23)26)22-18(25)17(24)21-11-12-7-9-13(20)10-8-12/h3-10,16H,2,11H2,1H3,(H,21,24)(H,22,25). The van der Waals surface area contributed by atoms with Crippen molar-refractivity contribution in [1.29, 1.82) is 0 Å². The van der Waals surface area contributed by atoms with Crippen LogP contribution in [0.2, 0.25) is 5.02 Å². The van der Waals surface area contributed by atoms with Crippen molar-refractivity contribution in [1.82, 2.24) is 10.6 Å². The average molecular weight is 372 g/mol. The number of benzene rings is 2. The first-order valence-electron chi connectivity index (χ1n) is 8.24. The quantitative estimate of drug-likeness (QED) is 0.808. The van der Waals surface area contributed by atoms with Gasteiger partial charge in [-0.2, -0.15) is 0 Å². The highest BCUT2D eigenvalue weighted by molar-refractivity contribution is 6.35. The molecule has 2 N–H and O–H groups in total. The Morgan fingerprint density at radius 3 is 2.46 bits per heavy atom. The molecule has 0 aromatic heterocycles. The van der Waals surface area contributed by atoms with E-state index in [0.717, 1.165) is 11.3 Å². The molecule has 1 atom stereocenters. The van der Waals surface area contributed by atoms with Crippen LogP contribution in [0.3, 0.4) is 0 Å². The summed E-state index contributed by atoms with van der Waals surface area (Å²) in [7, 11) is 0. The zero-order chi connectivity index (χ0) is 18.7. The molecule has 1 aliphatic heterocycles. The van der Waals surface area contributed by atoms with E-state index in [1.807, 2.05) is 19.1 Å². The summed E-state index contributed by atoms with van der Waals surface area (Å²) in [5.74, 6) is -1.88. The molecule has 1 aliphatic rings. The molecule has 2 aromatic carbocycles. The zero-order valence-electron chi connectivity index (χ0n) is 14.2. The van der Waals surface area contributed by atoms with Gasteiger partial charge in [0.25, 0.3) is 5.91 Å². The van der Waals surface area contributed by atoms with E-state index in [2.05, 4.69) is 10.6 Å². The minimum atomic E-state index is -0.847. The summed E-state index contributed by atoms with van der Waals surface area (Å²) >= 11 is 5.81. The van der Waals surface area contributed by atoms with Crippen molar-refractivity contribution in [2.75, 3.05) is 11.4 Å². The van der Waals surface area contributed by atoms with E-state index in [9.17, 15) is 14.4 Å². The van der Waals surface area contributed by atoms with E-state index < -0.39 is 17.9 Å². The van der Waals surface area contributed by atoms with Gasteiger partial charge in [-0.05, 0) is 30.7 Å². The third-order valence-electron chi connectivity index (χ3n) is 4.22. The van der Waals surface area contributed by atoms with E-state index in [1.54, 1.807) is 41.3 Å². The average Bonchev–Trinajstić information content (AvgIpc) is 2.92. The van der Waals surface area contributed by atoms with Crippen molar-refractivity contribution in [2.45, 2.75) is 19.5 Å². The molecule has 1 heterocycles. The van der Waals surface area contributed by atoms with Gasteiger partial charge in [0.2, 0.25) is 0 Å². The molecule has 1 unspecified atom stereocenters. The van der Waals surface area contributed by atoms with Crippen LogP contribution in [0, 0.1) is 0 Å². The molecule has 3 rings (SSSR count). The third-order valence-corrected chi connectivity index (χ3v) is 4.47.